The van der Waals surface area contributed by atoms with E-state index in [0.717, 1.165) is 15.6 Å². The molecule has 0 spiro atoms. The molecule has 0 fully saturated rings. The quantitative estimate of drug-likeness (QED) is 0.916. The topological polar surface area (TPSA) is 59.1 Å². The highest BCUT2D eigenvalue weighted by Gasteiger charge is 2.18. The van der Waals surface area contributed by atoms with Crippen molar-refractivity contribution in [2.45, 2.75) is 25.7 Å². The lowest BCUT2D eigenvalue weighted by Gasteiger charge is -2.12. The van der Waals surface area contributed by atoms with Crippen LogP contribution in [0.2, 0.25) is 0 Å². The van der Waals surface area contributed by atoms with Crippen LogP contribution in [0.25, 0.3) is 0 Å². The Morgan fingerprint density at radius 3 is 2.45 bits per heavy atom. The molecule has 0 radical (unpaired) electrons. The number of sulfonamides is 1. The third-order valence-corrected chi connectivity index (χ3v) is 5.25. The third kappa shape index (κ3) is 3.19. The Labute approximate surface area is 127 Å². The maximum Gasteiger partial charge on any atom is 0.263 e. The molecule has 0 bridgehead atoms. The maximum absolute atomic E-state index is 12.4. The van der Waals surface area contributed by atoms with Crippen LogP contribution in [-0.4, -0.2) is 13.4 Å². The minimum absolute atomic E-state index is 0.265. The van der Waals surface area contributed by atoms with Gasteiger partial charge in [0, 0.05) is 10.7 Å². The summed E-state index contributed by atoms with van der Waals surface area (Å²) < 4.78 is 28.3. The summed E-state index contributed by atoms with van der Waals surface area (Å²) in [6.45, 7) is 5.50. The molecule has 1 heterocycles. The van der Waals surface area contributed by atoms with E-state index in [1.165, 1.54) is 0 Å². The number of nitrogens with zero attached hydrogens (tertiary/aromatic N) is 1. The maximum atomic E-state index is 12.4. The number of hydrogen-bond donors (Lipinski definition) is 1. The molecule has 2 aromatic rings. The van der Waals surface area contributed by atoms with Gasteiger partial charge in [0.25, 0.3) is 10.0 Å². The molecule has 2 rings (SSSR count). The Balaban J connectivity index is 2.43. The predicted molar refractivity (Wildman–Crippen MR) is 83.4 cm³/mol. The van der Waals surface area contributed by atoms with Crippen molar-refractivity contribution in [3.63, 3.8) is 0 Å². The zero-order valence-corrected chi connectivity index (χ0v) is 13.8. The standard InChI is InChI=1S/C14H15BrN2O2S/c1-9-4-5-16-14(6-9)17-20(18,19)13-8-10(2)12(15)7-11(13)3/h4-8H,1-3H3,(H,16,17). The van der Waals surface area contributed by atoms with Crippen molar-refractivity contribution >= 4 is 31.8 Å². The lowest BCUT2D eigenvalue weighted by Crippen LogP contribution is -2.15. The van der Waals surface area contributed by atoms with E-state index in [0.29, 0.717) is 11.4 Å². The van der Waals surface area contributed by atoms with Gasteiger partial charge < -0.3 is 0 Å². The van der Waals surface area contributed by atoms with Gasteiger partial charge in [0.2, 0.25) is 0 Å². The van der Waals surface area contributed by atoms with E-state index >= 15 is 0 Å². The van der Waals surface area contributed by atoms with Gasteiger partial charge in [-0.05, 0) is 61.7 Å². The van der Waals surface area contributed by atoms with Crippen LogP contribution < -0.4 is 4.72 Å². The van der Waals surface area contributed by atoms with Crippen LogP contribution in [-0.2, 0) is 10.0 Å². The van der Waals surface area contributed by atoms with E-state index in [4.69, 9.17) is 0 Å². The lowest BCUT2D eigenvalue weighted by molar-refractivity contribution is 0.600. The number of rotatable bonds is 3. The van der Waals surface area contributed by atoms with Crippen LogP contribution in [0.4, 0.5) is 5.82 Å². The molecule has 0 aliphatic rings. The second kappa shape index (κ2) is 5.54. The molecular weight excluding hydrogens is 340 g/mol. The number of pyridine rings is 1. The van der Waals surface area contributed by atoms with E-state index in [1.807, 2.05) is 19.9 Å². The highest BCUT2D eigenvalue weighted by atomic mass is 79.9. The minimum Gasteiger partial charge on any atom is -0.263 e. The van der Waals surface area contributed by atoms with E-state index < -0.39 is 10.0 Å². The van der Waals surface area contributed by atoms with Crippen LogP contribution in [0.3, 0.4) is 0 Å². The van der Waals surface area contributed by atoms with Gasteiger partial charge >= 0.3 is 0 Å². The highest BCUT2D eigenvalue weighted by Crippen LogP contribution is 2.25. The van der Waals surface area contributed by atoms with E-state index in [1.54, 1.807) is 31.3 Å². The molecule has 1 aromatic carbocycles. The lowest BCUT2D eigenvalue weighted by atomic mass is 10.2. The first kappa shape index (κ1) is 15.0. The summed E-state index contributed by atoms with van der Waals surface area (Å²) >= 11 is 3.40. The average Bonchev–Trinajstić information content (AvgIpc) is 2.33. The predicted octanol–water partition coefficient (Wildman–Crippen LogP) is 3.57. The first-order chi connectivity index (χ1) is 9.29. The fourth-order valence-corrected chi connectivity index (χ4v) is 3.60. The van der Waals surface area contributed by atoms with Crippen LogP contribution in [0.15, 0.2) is 39.8 Å². The third-order valence-electron chi connectivity index (χ3n) is 2.90. The van der Waals surface area contributed by atoms with E-state index in [2.05, 4.69) is 25.6 Å². The normalized spacial score (nSPS) is 11.4. The summed E-state index contributed by atoms with van der Waals surface area (Å²) in [7, 11) is -3.63. The number of halogens is 1. The Morgan fingerprint density at radius 1 is 1.10 bits per heavy atom. The summed E-state index contributed by atoms with van der Waals surface area (Å²) in [5, 5.41) is 0. The second-order valence-corrected chi connectivity index (χ2v) is 7.20. The van der Waals surface area contributed by atoms with Crippen LogP contribution in [0.1, 0.15) is 16.7 Å². The summed E-state index contributed by atoms with van der Waals surface area (Å²) in [5.41, 5.74) is 2.50. The molecule has 0 atom stereocenters. The van der Waals surface area contributed by atoms with Crippen molar-refractivity contribution in [1.29, 1.82) is 0 Å². The smallest absolute Gasteiger partial charge is 0.263 e. The van der Waals surface area contributed by atoms with Gasteiger partial charge in [0.05, 0.1) is 4.90 Å². The number of anilines is 1. The minimum atomic E-state index is -3.63. The molecule has 0 aliphatic heterocycles. The Hall–Kier alpha value is -1.40. The van der Waals surface area contributed by atoms with Crippen LogP contribution in [0.5, 0.6) is 0 Å². The van der Waals surface area contributed by atoms with Gasteiger partial charge in [-0.25, -0.2) is 13.4 Å². The Morgan fingerprint density at radius 2 is 1.80 bits per heavy atom. The molecule has 0 amide bonds. The first-order valence-corrected chi connectivity index (χ1v) is 8.29. The number of aromatic nitrogens is 1. The van der Waals surface area contributed by atoms with Gasteiger partial charge in [-0.1, -0.05) is 15.9 Å². The molecule has 6 heteroatoms. The monoisotopic (exact) mass is 354 g/mol. The van der Waals surface area contributed by atoms with Gasteiger partial charge in [0.15, 0.2) is 0 Å². The molecule has 1 N–H and O–H groups in total. The molecule has 0 saturated carbocycles. The van der Waals surface area contributed by atoms with Crippen molar-refractivity contribution in [1.82, 2.24) is 4.98 Å². The van der Waals surface area contributed by atoms with Crippen molar-refractivity contribution < 1.29 is 8.42 Å². The molecule has 0 unspecified atom stereocenters. The second-order valence-electron chi connectivity index (χ2n) is 4.69. The van der Waals surface area contributed by atoms with Gasteiger partial charge in [-0.15, -0.1) is 0 Å². The number of nitrogens with one attached hydrogen (secondary N) is 1. The summed E-state index contributed by atoms with van der Waals surface area (Å²) in [6.07, 6.45) is 1.58. The molecule has 106 valence electrons. The molecule has 20 heavy (non-hydrogen) atoms. The Kier molecular flexibility index (Phi) is 4.15. The van der Waals surface area contributed by atoms with E-state index in [-0.39, 0.29) is 4.90 Å². The molecule has 1 aromatic heterocycles. The summed E-state index contributed by atoms with van der Waals surface area (Å²) in [6, 6.07) is 6.95. The SMILES string of the molecule is Cc1ccnc(NS(=O)(=O)c2cc(C)c(Br)cc2C)c1. The molecule has 4 nitrogen and oxygen atoms in total. The first-order valence-electron chi connectivity index (χ1n) is 6.02. The number of benzene rings is 1. The van der Waals surface area contributed by atoms with Gasteiger partial charge in [-0.3, -0.25) is 4.72 Å². The van der Waals surface area contributed by atoms with Gasteiger partial charge in [0.1, 0.15) is 5.82 Å². The number of hydrogen-bond acceptors (Lipinski definition) is 3. The zero-order chi connectivity index (χ0) is 14.9. The average molecular weight is 355 g/mol. The zero-order valence-electron chi connectivity index (χ0n) is 11.4. The van der Waals surface area contributed by atoms with Crippen LogP contribution in [0, 0.1) is 20.8 Å². The van der Waals surface area contributed by atoms with Crippen molar-refractivity contribution in [2.24, 2.45) is 0 Å². The van der Waals surface area contributed by atoms with Crippen molar-refractivity contribution in [3.05, 3.63) is 51.6 Å². The van der Waals surface area contributed by atoms with Crippen molar-refractivity contribution in [3.8, 4) is 0 Å². The largest absolute Gasteiger partial charge is 0.263 e. The Bertz CT molecular complexity index is 758. The fourth-order valence-electron chi connectivity index (χ4n) is 1.83. The van der Waals surface area contributed by atoms with Crippen LogP contribution >= 0.6 is 15.9 Å². The number of aryl methyl sites for hydroxylation is 3. The highest BCUT2D eigenvalue weighted by molar-refractivity contribution is 9.10. The molecule has 0 aliphatic carbocycles. The molecular formula is C14H15BrN2O2S. The van der Waals surface area contributed by atoms with Crippen molar-refractivity contribution in [2.75, 3.05) is 4.72 Å². The van der Waals surface area contributed by atoms with Gasteiger partial charge in [-0.2, -0.15) is 0 Å². The summed E-state index contributed by atoms with van der Waals surface area (Å²) in [5.74, 6) is 0.324. The molecule has 0 saturated heterocycles. The fraction of sp³-hybridized carbons (Fsp3) is 0.214. The summed E-state index contributed by atoms with van der Waals surface area (Å²) in [4.78, 5) is 4.29. The van der Waals surface area contributed by atoms with E-state index in [9.17, 15) is 8.42 Å².